The number of rotatable bonds is 6. The maximum absolute atomic E-state index is 12.8. The summed E-state index contributed by atoms with van der Waals surface area (Å²) in [6, 6.07) is 20.4. The Balaban J connectivity index is 1.58. The first-order valence-corrected chi connectivity index (χ1v) is 10.3. The minimum Gasteiger partial charge on any atom is -0.454 e. The lowest BCUT2D eigenvalue weighted by Crippen LogP contribution is -2.15. The smallest absolute Gasteiger partial charge is 0.339 e. The molecule has 0 aliphatic carbocycles. The van der Waals surface area contributed by atoms with Crippen molar-refractivity contribution in [3.8, 4) is 10.6 Å². The number of carbonyl (C=O) groups excluding carboxylic acids is 2. The van der Waals surface area contributed by atoms with E-state index in [1.807, 2.05) is 53.9 Å². The lowest BCUT2D eigenvalue weighted by atomic mass is 10.1. The maximum atomic E-state index is 12.8. The lowest BCUT2D eigenvalue weighted by molar-refractivity contribution is 0.0476. The van der Waals surface area contributed by atoms with E-state index in [4.69, 9.17) is 4.74 Å². The van der Waals surface area contributed by atoms with E-state index in [0.717, 1.165) is 16.9 Å². The summed E-state index contributed by atoms with van der Waals surface area (Å²) in [6.07, 6.45) is 0.908. The van der Waals surface area contributed by atoms with E-state index in [1.54, 1.807) is 29.5 Å². The van der Waals surface area contributed by atoms with Gasteiger partial charge in [0.15, 0.2) is 12.4 Å². The Morgan fingerprint density at radius 3 is 2.52 bits per heavy atom. The molecule has 2 aromatic heterocycles. The van der Waals surface area contributed by atoms with Crippen LogP contribution in [0.5, 0.6) is 0 Å². The van der Waals surface area contributed by atoms with E-state index in [2.05, 4.69) is 11.9 Å². The first kappa shape index (κ1) is 19.0. The SMILES string of the molecule is CCc1ccc(C(=O)COC(=O)c2cc(-c3cccs3)nc3ccccc23)cc1. The first-order valence-electron chi connectivity index (χ1n) is 9.38. The molecule has 144 valence electrons. The number of ether oxygens (including phenoxy) is 1. The highest BCUT2D eigenvalue weighted by molar-refractivity contribution is 7.13. The van der Waals surface area contributed by atoms with Crippen molar-refractivity contribution in [3.05, 3.63) is 88.8 Å². The van der Waals surface area contributed by atoms with Gasteiger partial charge >= 0.3 is 5.97 Å². The highest BCUT2D eigenvalue weighted by atomic mass is 32.1. The fourth-order valence-corrected chi connectivity index (χ4v) is 3.80. The van der Waals surface area contributed by atoms with Crippen molar-refractivity contribution in [2.75, 3.05) is 6.61 Å². The molecule has 0 N–H and O–H groups in total. The third-order valence-corrected chi connectivity index (χ3v) is 5.62. The zero-order valence-electron chi connectivity index (χ0n) is 15.9. The third kappa shape index (κ3) is 4.10. The monoisotopic (exact) mass is 401 g/mol. The second-order valence-electron chi connectivity index (χ2n) is 6.60. The molecule has 4 aromatic rings. The van der Waals surface area contributed by atoms with E-state index in [1.165, 1.54) is 0 Å². The fraction of sp³-hybridized carbons (Fsp3) is 0.125. The number of nitrogens with zero attached hydrogens (tertiary/aromatic N) is 1. The zero-order chi connectivity index (χ0) is 20.2. The van der Waals surface area contributed by atoms with Crippen LogP contribution >= 0.6 is 11.3 Å². The summed E-state index contributed by atoms with van der Waals surface area (Å²) in [6.45, 7) is 1.76. The topological polar surface area (TPSA) is 56.3 Å². The minimum absolute atomic E-state index is 0.224. The van der Waals surface area contributed by atoms with Crippen LogP contribution in [0.4, 0.5) is 0 Å². The summed E-state index contributed by atoms with van der Waals surface area (Å²) in [5.74, 6) is -0.752. The quantitative estimate of drug-likeness (QED) is 0.313. The van der Waals surface area contributed by atoms with Crippen LogP contribution in [0.15, 0.2) is 72.1 Å². The van der Waals surface area contributed by atoms with Crippen molar-refractivity contribution in [1.29, 1.82) is 0 Å². The molecule has 0 spiro atoms. The highest BCUT2D eigenvalue weighted by Gasteiger charge is 2.17. The summed E-state index contributed by atoms with van der Waals surface area (Å²) < 4.78 is 5.37. The fourth-order valence-electron chi connectivity index (χ4n) is 3.11. The van der Waals surface area contributed by atoms with Gasteiger partial charge in [0.25, 0.3) is 0 Å². The Labute approximate surface area is 172 Å². The van der Waals surface area contributed by atoms with Gasteiger partial charge in [0.1, 0.15) is 0 Å². The van der Waals surface area contributed by atoms with E-state index >= 15 is 0 Å². The Morgan fingerprint density at radius 1 is 1.00 bits per heavy atom. The molecular weight excluding hydrogens is 382 g/mol. The van der Waals surface area contributed by atoms with Gasteiger partial charge < -0.3 is 4.74 Å². The molecule has 0 atom stereocenters. The van der Waals surface area contributed by atoms with E-state index in [0.29, 0.717) is 27.7 Å². The number of hydrogen-bond acceptors (Lipinski definition) is 5. The molecule has 2 aromatic carbocycles. The summed E-state index contributed by atoms with van der Waals surface area (Å²) >= 11 is 1.55. The van der Waals surface area contributed by atoms with Gasteiger partial charge in [0.05, 0.1) is 21.7 Å². The normalized spacial score (nSPS) is 10.8. The number of esters is 1. The predicted octanol–water partition coefficient (Wildman–Crippen LogP) is 5.57. The van der Waals surface area contributed by atoms with Gasteiger partial charge in [0.2, 0.25) is 0 Å². The molecule has 0 saturated carbocycles. The van der Waals surface area contributed by atoms with Crippen LogP contribution in [0.3, 0.4) is 0 Å². The van der Waals surface area contributed by atoms with Gasteiger partial charge in [-0.2, -0.15) is 0 Å². The van der Waals surface area contributed by atoms with Crippen LogP contribution in [0.1, 0.15) is 33.2 Å². The molecule has 2 heterocycles. The lowest BCUT2D eigenvalue weighted by Gasteiger charge is -2.09. The van der Waals surface area contributed by atoms with Crippen molar-refractivity contribution < 1.29 is 14.3 Å². The number of benzene rings is 2. The van der Waals surface area contributed by atoms with Crippen LogP contribution in [-0.2, 0) is 11.2 Å². The number of carbonyl (C=O) groups is 2. The number of aromatic nitrogens is 1. The molecule has 4 rings (SSSR count). The van der Waals surface area contributed by atoms with Crippen LogP contribution in [-0.4, -0.2) is 23.3 Å². The standard InChI is InChI=1S/C24H19NO3S/c1-2-16-9-11-17(12-10-16)22(26)15-28-24(27)19-14-21(23-8-5-13-29-23)25-20-7-4-3-6-18(19)20/h3-14H,2,15H2,1H3. The van der Waals surface area contributed by atoms with E-state index in [-0.39, 0.29) is 12.4 Å². The minimum atomic E-state index is -0.528. The van der Waals surface area contributed by atoms with E-state index in [9.17, 15) is 9.59 Å². The van der Waals surface area contributed by atoms with Gasteiger partial charge in [-0.25, -0.2) is 9.78 Å². The Morgan fingerprint density at radius 2 is 1.79 bits per heavy atom. The van der Waals surface area contributed by atoms with Crippen molar-refractivity contribution in [2.45, 2.75) is 13.3 Å². The van der Waals surface area contributed by atoms with Crippen LogP contribution < -0.4 is 0 Å². The molecule has 0 radical (unpaired) electrons. The molecule has 29 heavy (non-hydrogen) atoms. The van der Waals surface area contributed by atoms with Gasteiger partial charge in [-0.05, 0) is 35.6 Å². The molecule has 0 aliphatic rings. The van der Waals surface area contributed by atoms with Gasteiger partial charge in [-0.3, -0.25) is 4.79 Å². The number of fused-ring (bicyclic) bond motifs is 1. The summed E-state index contributed by atoms with van der Waals surface area (Å²) in [5, 5.41) is 2.67. The number of hydrogen-bond donors (Lipinski definition) is 0. The van der Waals surface area contributed by atoms with Crippen LogP contribution in [0.2, 0.25) is 0 Å². The maximum Gasteiger partial charge on any atom is 0.339 e. The third-order valence-electron chi connectivity index (χ3n) is 4.73. The van der Waals surface area contributed by atoms with Crippen LogP contribution in [0, 0.1) is 0 Å². The first-order chi connectivity index (χ1) is 14.2. The van der Waals surface area contributed by atoms with Gasteiger partial charge in [-0.1, -0.05) is 55.5 Å². The Kier molecular flexibility index (Phi) is 5.49. The molecule has 0 saturated heterocycles. The number of ketones is 1. The molecule has 0 aliphatic heterocycles. The zero-order valence-corrected chi connectivity index (χ0v) is 16.7. The summed E-state index contributed by atoms with van der Waals surface area (Å²) in [5.41, 5.74) is 3.53. The molecule has 0 fully saturated rings. The predicted molar refractivity (Wildman–Crippen MR) is 115 cm³/mol. The number of aryl methyl sites for hydroxylation is 1. The number of Topliss-reactive ketones (excluding diaryl/α,β-unsaturated/α-hetero) is 1. The Bertz CT molecular complexity index is 1160. The Hall–Kier alpha value is -3.31. The largest absolute Gasteiger partial charge is 0.454 e. The average Bonchev–Trinajstić information content (AvgIpc) is 3.31. The van der Waals surface area contributed by atoms with Crippen LogP contribution in [0.25, 0.3) is 21.5 Å². The van der Waals surface area contributed by atoms with Crippen molar-refractivity contribution >= 4 is 34.0 Å². The van der Waals surface area contributed by atoms with Gasteiger partial charge in [-0.15, -0.1) is 11.3 Å². The molecule has 5 heteroatoms. The molecule has 4 nitrogen and oxygen atoms in total. The summed E-state index contributed by atoms with van der Waals surface area (Å²) in [4.78, 5) is 30.9. The van der Waals surface area contributed by atoms with Gasteiger partial charge in [0, 0.05) is 10.9 Å². The van der Waals surface area contributed by atoms with Crippen molar-refractivity contribution in [1.82, 2.24) is 4.98 Å². The number of thiophene rings is 1. The highest BCUT2D eigenvalue weighted by Crippen LogP contribution is 2.28. The molecule has 0 unspecified atom stereocenters. The number of para-hydroxylation sites is 1. The van der Waals surface area contributed by atoms with Crippen molar-refractivity contribution in [3.63, 3.8) is 0 Å². The van der Waals surface area contributed by atoms with E-state index < -0.39 is 5.97 Å². The van der Waals surface area contributed by atoms with Crippen molar-refractivity contribution in [2.24, 2.45) is 0 Å². The summed E-state index contributed by atoms with van der Waals surface area (Å²) in [7, 11) is 0. The molecular formula is C24H19NO3S. The second kappa shape index (κ2) is 8.37. The molecule has 0 bridgehead atoms. The molecule has 0 amide bonds. The second-order valence-corrected chi connectivity index (χ2v) is 7.55. The average molecular weight is 401 g/mol. The number of pyridine rings is 1.